The highest BCUT2D eigenvalue weighted by molar-refractivity contribution is 5.37. The summed E-state index contributed by atoms with van der Waals surface area (Å²) in [4.78, 5) is 22.8. The Labute approximate surface area is 159 Å². The molecule has 0 radical (unpaired) electrons. The number of hydrogen-bond acceptors (Lipinski definition) is 4. The second kappa shape index (κ2) is 9.30. The maximum atomic E-state index is 11.5. The summed E-state index contributed by atoms with van der Waals surface area (Å²) in [6.07, 6.45) is 6.58. The molecule has 1 aliphatic rings. The topological polar surface area (TPSA) is 74.2 Å². The molecule has 7 heteroatoms. The quantitative estimate of drug-likeness (QED) is 0.694. The first-order valence-corrected chi connectivity index (χ1v) is 9.66. The fourth-order valence-corrected chi connectivity index (χ4v) is 3.13. The number of rotatable bonds is 2. The van der Waals surface area contributed by atoms with Crippen LogP contribution in [-0.4, -0.2) is 24.0 Å². The van der Waals surface area contributed by atoms with Crippen molar-refractivity contribution in [2.45, 2.75) is 66.5 Å². The molecule has 0 aliphatic heterocycles. The minimum atomic E-state index is 0.0167. The summed E-state index contributed by atoms with van der Waals surface area (Å²) in [5.41, 5.74) is 3.17. The van der Waals surface area contributed by atoms with Crippen LogP contribution < -0.4 is 11.1 Å². The first-order valence-electron chi connectivity index (χ1n) is 9.66. The van der Waals surface area contributed by atoms with Gasteiger partial charge < -0.3 is 0 Å². The van der Waals surface area contributed by atoms with E-state index < -0.39 is 0 Å². The van der Waals surface area contributed by atoms with Gasteiger partial charge in [0.1, 0.15) is 5.65 Å². The molecule has 0 bridgehead atoms. The van der Waals surface area contributed by atoms with Crippen LogP contribution >= 0.6 is 0 Å². The van der Waals surface area contributed by atoms with Crippen LogP contribution in [0.4, 0.5) is 0 Å². The van der Waals surface area contributed by atoms with Crippen LogP contribution in [0, 0.1) is 0 Å². The molecule has 27 heavy (non-hydrogen) atoms. The highest BCUT2D eigenvalue weighted by atomic mass is 16.1. The van der Waals surface area contributed by atoms with Crippen LogP contribution in [0.2, 0.25) is 0 Å². The van der Waals surface area contributed by atoms with Crippen LogP contribution in [-0.2, 0) is 19.4 Å². The smallest absolute Gasteiger partial charge is 0.267 e. The predicted molar refractivity (Wildman–Crippen MR) is 107 cm³/mol. The molecule has 3 heterocycles. The summed E-state index contributed by atoms with van der Waals surface area (Å²) < 4.78 is 4.94. The molecular weight excluding hydrogens is 342 g/mol. The van der Waals surface area contributed by atoms with Gasteiger partial charge in [-0.05, 0) is 45.6 Å². The Balaban J connectivity index is 0.000000178. The second-order valence-corrected chi connectivity index (χ2v) is 6.38. The van der Waals surface area contributed by atoms with Crippen LogP contribution in [0.1, 0.15) is 58.3 Å². The maximum Gasteiger partial charge on any atom is 0.267 e. The normalized spacial score (nSPS) is 12.2. The molecule has 0 atom stereocenters. The molecular formula is C20H29N5O2. The van der Waals surface area contributed by atoms with Gasteiger partial charge in [0.2, 0.25) is 0 Å². The molecule has 0 saturated carbocycles. The van der Waals surface area contributed by atoms with E-state index in [1.54, 1.807) is 27.5 Å². The van der Waals surface area contributed by atoms with E-state index in [4.69, 9.17) is 0 Å². The molecule has 7 nitrogen and oxygen atoms in total. The summed E-state index contributed by atoms with van der Waals surface area (Å²) in [6, 6.07) is 5.26. The van der Waals surface area contributed by atoms with Gasteiger partial charge in [-0.2, -0.15) is 10.2 Å². The van der Waals surface area contributed by atoms with E-state index in [1.807, 2.05) is 40.7 Å². The Morgan fingerprint density at radius 2 is 1.85 bits per heavy atom. The van der Waals surface area contributed by atoms with Gasteiger partial charge in [-0.1, -0.05) is 13.8 Å². The summed E-state index contributed by atoms with van der Waals surface area (Å²) in [5.74, 6) is 0. The molecule has 3 aromatic heterocycles. The van der Waals surface area contributed by atoms with Crippen molar-refractivity contribution in [2.75, 3.05) is 0 Å². The van der Waals surface area contributed by atoms with Crippen molar-refractivity contribution in [3.05, 3.63) is 62.6 Å². The fraction of sp³-hybridized carbons (Fsp3) is 0.500. The van der Waals surface area contributed by atoms with E-state index in [-0.39, 0.29) is 17.2 Å². The first kappa shape index (κ1) is 20.6. The lowest BCUT2D eigenvalue weighted by Crippen LogP contribution is -2.22. The Bertz CT molecular complexity index is 998. The summed E-state index contributed by atoms with van der Waals surface area (Å²) >= 11 is 0. The lowest BCUT2D eigenvalue weighted by molar-refractivity contribution is 0.585. The number of fused-ring (bicyclic) bond motifs is 2. The molecule has 0 spiro atoms. The van der Waals surface area contributed by atoms with Gasteiger partial charge in [0.05, 0.1) is 11.9 Å². The maximum absolute atomic E-state index is 11.5. The Morgan fingerprint density at radius 1 is 1.11 bits per heavy atom. The summed E-state index contributed by atoms with van der Waals surface area (Å²) in [6.45, 7) is 10.6. The number of nitrogens with zero attached hydrogens (tertiary/aromatic N) is 5. The van der Waals surface area contributed by atoms with E-state index in [0.29, 0.717) is 6.54 Å². The number of aryl methyl sites for hydroxylation is 3. The van der Waals surface area contributed by atoms with Gasteiger partial charge >= 0.3 is 0 Å². The van der Waals surface area contributed by atoms with E-state index in [2.05, 4.69) is 10.2 Å². The van der Waals surface area contributed by atoms with E-state index in [9.17, 15) is 9.59 Å². The lowest BCUT2D eigenvalue weighted by atomic mass is 10.2. The first-order chi connectivity index (χ1) is 13.0. The third kappa shape index (κ3) is 4.53. The Kier molecular flexibility index (Phi) is 7.10. The number of aromatic nitrogens is 5. The average Bonchev–Trinajstić information content (AvgIpc) is 3.31. The van der Waals surface area contributed by atoms with Crippen molar-refractivity contribution in [1.29, 1.82) is 0 Å². The van der Waals surface area contributed by atoms with Gasteiger partial charge in [-0.25, -0.2) is 9.20 Å². The van der Waals surface area contributed by atoms with Crippen LogP contribution in [0.5, 0.6) is 0 Å². The molecule has 0 saturated heterocycles. The van der Waals surface area contributed by atoms with Crippen molar-refractivity contribution in [3.63, 3.8) is 0 Å². The highest BCUT2D eigenvalue weighted by Gasteiger charge is 2.13. The van der Waals surface area contributed by atoms with E-state index in [1.165, 1.54) is 10.7 Å². The highest BCUT2D eigenvalue weighted by Crippen LogP contribution is 2.16. The minimum Gasteiger partial charge on any atom is -0.291 e. The Morgan fingerprint density at radius 3 is 2.52 bits per heavy atom. The third-order valence-corrected chi connectivity index (χ3v) is 4.33. The van der Waals surface area contributed by atoms with Crippen LogP contribution in [0.15, 0.2) is 40.2 Å². The molecule has 1 aliphatic carbocycles. The zero-order valence-electron chi connectivity index (χ0n) is 16.8. The van der Waals surface area contributed by atoms with Crippen molar-refractivity contribution in [1.82, 2.24) is 24.0 Å². The molecule has 3 aromatic rings. The molecule has 4 rings (SSSR count). The molecule has 0 fully saturated rings. The predicted octanol–water partition coefficient (Wildman–Crippen LogP) is 2.86. The van der Waals surface area contributed by atoms with Gasteiger partial charge in [-0.15, -0.1) is 0 Å². The van der Waals surface area contributed by atoms with Gasteiger partial charge in [0.15, 0.2) is 0 Å². The lowest BCUT2D eigenvalue weighted by Gasteiger charge is -2.10. The van der Waals surface area contributed by atoms with Crippen molar-refractivity contribution >= 4 is 5.65 Å². The monoisotopic (exact) mass is 371 g/mol. The summed E-state index contributed by atoms with van der Waals surface area (Å²) in [5, 5.41) is 8.34. The van der Waals surface area contributed by atoms with Crippen molar-refractivity contribution < 1.29 is 0 Å². The van der Waals surface area contributed by atoms with Crippen LogP contribution in [0.25, 0.3) is 5.65 Å². The second-order valence-electron chi connectivity index (χ2n) is 6.38. The minimum absolute atomic E-state index is 0.0167. The zero-order valence-corrected chi connectivity index (χ0v) is 16.8. The van der Waals surface area contributed by atoms with E-state index in [0.717, 1.165) is 36.2 Å². The summed E-state index contributed by atoms with van der Waals surface area (Å²) in [7, 11) is 0. The fourth-order valence-electron chi connectivity index (χ4n) is 3.13. The molecule has 0 amide bonds. The number of hydrogen-bond donors (Lipinski definition) is 0. The third-order valence-electron chi connectivity index (χ3n) is 4.33. The standard InChI is InChI=1S/C9H11N3O.C9H12N2O.C2H6/c1-7(2)12-8-3-5-10-11(8)6-4-9(12)13;1-2-11-9(12)6-7-4-3-5-8(7)10-11;1-2/h3-7H,1-2H3;6H,2-5H2,1H3;1-2H3. The molecule has 146 valence electrons. The van der Waals surface area contributed by atoms with Crippen LogP contribution in [0.3, 0.4) is 0 Å². The van der Waals surface area contributed by atoms with Crippen molar-refractivity contribution in [2.24, 2.45) is 0 Å². The molecule has 0 aromatic carbocycles. The van der Waals surface area contributed by atoms with Gasteiger partial charge in [0.25, 0.3) is 11.1 Å². The van der Waals surface area contributed by atoms with Gasteiger partial charge in [0, 0.05) is 37.0 Å². The molecule has 0 unspecified atom stereocenters. The zero-order chi connectivity index (χ0) is 20.0. The Hall–Kier alpha value is -2.70. The average molecular weight is 371 g/mol. The van der Waals surface area contributed by atoms with Crippen molar-refractivity contribution in [3.8, 4) is 0 Å². The largest absolute Gasteiger partial charge is 0.291 e. The van der Waals surface area contributed by atoms with Gasteiger partial charge in [-0.3, -0.25) is 14.2 Å². The van der Waals surface area contributed by atoms with E-state index >= 15 is 0 Å². The SMILES string of the molecule is CC.CC(C)n1c(=O)ccn2nccc12.CCn1nc2c(cc1=O)CCC2. The molecule has 0 N–H and O–H groups in total.